The maximum atomic E-state index is 13.5. The SMILES string of the molecule is CSCC[C@H](NC(=O)c1ccc(CNN(C(=O)CCc2ccccc2)C(=O)CCc2ccccc2)cc1-c1ccccc1C)C(=O)O. The lowest BCUT2D eigenvalue weighted by molar-refractivity contribution is -0.149. The number of aryl methyl sites for hydroxylation is 3. The van der Waals surface area contributed by atoms with E-state index in [0.717, 1.165) is 32.8 Å². The molecule has 0 heterocycles. The third-order valence-corrected chi connectivity index (χ3v) is 8.50. The molecule has 9 heteroatoms. The summed E-state index contributed by atoms with van der Waals surface area (Å²) in [5, 5.41) is 13.5. The molecule has 0 aromatic heterocycles. The fourth-order valence-electron chi connectivity index (χ4n) is 5.23. The Kier molecular flexibility index (Phi) is 13.3. The van der Waals surface area contributed by atoms with Crippen LogP contribution in [0.5, 0.6) is 0 Å². The Balaban J connectivity index is 1.57. The Hall–Kier alpha value is -4.73. The van der Waals surface area contributed by atoms with E-state index in [-0.39, 0.29) is 31.2 Å². The van der Waals surface area contributed by atoms with Crippen LogP contribution in [-0.2, 0) is 33.8 Å². The van der Waals surface area contributed by atoms with Crippen molar-refractivity contribution < 1.29 is 24.3 Å². The van der Waals surface area contributed by atoms with Crippen LogP contribution >= 0.6 is 11.8 Å². The average molecular weight is 652 g/mol. The fourth-order valence-corrected chi connectivity index (χ4v) is 5.70. The third kappa shape index (κ3) is 10.4. The molecule has 3 N–H and O–H groups in total. The molecule has 1 atom stereocenters. The second kappa shape index (κ2) is 17.8. The number of hydrazine groups is 1. The smallest absolute Gasteiger partial charge is 0.326 e. The number of nitrogens with zero attached hydrogens (tertiary/aromatic N) is 1. The Morgan fingerprint density at radius 3 is 1.87 bits per heavy atom. The van der Waals surface area contributed by atoms with Gasteiger partial charge in [0.2, 0.25) is 11.8 Å². The zero-order valence-electron chi connectivity index (χ0n) is 26.8. The number of aliphatic carboxylic acids is 1. The number of carboxylic acid groups (broad SMARTS) is 1. The van der Waals surface area contributed by atoms with Crippen molar-refractivity contribution in [3.63, 3.8) is 0 Å². The molecular formula is C38H41N3O5S. The monoisotopic (exact) mass is 651 g/mol. The van der Waals surface area contributed by atoms with Gasteiger partial charge in [-0.15, -0.1) is 0 Å². The highest BCUT2D eigenvalue weighted by Gasteiger charge is 2.24. The van der Waals surface area contributed by atoms with Gasteiger partial charge in [0.1, 0.15) is 6.04 Å². The summed E-state index contributed by atoms with van der Waals surface area (Å²) in [6, 6.07) is 31.2. The van der Waals surface area contributed by atoms with Crippen molar-refractivity contribution in [3.8, 4) is 11.1 Å². The van der Waals surface area contributed by atoms with E-state index in [0.29, 0.717) is 36.1 Å². The summed E-state index contributed by atoms with van der Waals surface area (Å²) in [6.07, 6.45) is 3.50. The molecule has 0 radical (unpaired) electrons. The van der Waals surface area contributed by atoms with Crippen molar-refractivity contribution in [2.75, 3.05) is 12.0 Å². The molecular weight excluding hydrogens is 611 g/mol. The summed E-state index contributed by atoms with van der Waals surface area (Å²) in [5.74, 6) is -1.62. The number of carbonyl (C=O) groups excluding carboxylic acids is 3. The summed E-state index contributed by atoms with van der Waals surface area (Å²) in [7, 11) is 0. The number of imide groups is 1. The predicted molar refractivity (Wildman–Crippen MR) is 187 cm³/mol. The molecule has 244 valence electrons. The first kappa shape index (κ1) is 35.1. The quantitative estimate of drug-likeness (QED) is 0.123. The topological polar surface area (TPSA) is 116 Å². The van der Waals surface area contributed by atoms with Gasteiger partial charge in [-0.3, -0.25) is 14.4 Å². The van der Waals surface area contributed by atoms with E-state index in [4.69, 9.17) is 0 Å². The van der Waals surface area contributed by atoms with Gasteiger partial charge in [0.25, 0.3) is 5.91 Å². The molecule has 0 aliphatic rings. The van der Waals surface area contributed by atoms with Crippen molar-refractivity contribution in [1.29, 1.82) is 0 Å². The summed E-state index contributed by atoms with van der Waals surface area (Å²) < 4.78 is 0. The van der Waals surface area contributed by atoms with Crippen molar-refractivity contribution in [2.45, 2.75) is 51.6 Å². The summed E-state index contributed by atoms with van der Waals surface area (Å²) >= 11 is 1.52. The Labute approximate surface area is 280 Å². The van der Waals surface area contributed by atoms with Crippen LogP contribution in [0.15, 0.2) is 103 Å². The molecule has 0 saturated carbocycles. The first-order chi connectivity index (χ1) is 22.8. The van der Waals surface area contributed by atoms with Gasteiger partial charge in [0.05, 0.1) is 0 Å². The van der Waals surface area contributed by atoms with E-state index in [1.807, 2.05) is 104 Å². The molecule has 4 rings (SSSR count). The molecule has 0 bridgehead atoms. The van der Waals surface area contributed by atoms with Gasteiger partial charge >= 0.3 is 5.97 Å². The second-order valence-electron chi connectivity index (χ2n) is 11.3. The standard InChI is InChI=1S/C38H41N3O5S/c1-27-11-9-10-16-31(27)33-25-30(17-20-32(33)37(44)40-34(38(45)46)23-24-47-2)26-39-41(35(42)21-18-28-12-5-3-6-13-28)36(43)22-19-29-14-7-4-8-15-29/h3-17,20,25,34,39H,18-19,21-24,26H2,1-2H3,(H,40,44)(H,45,46)/t34-/m0/s1. The van der Waals surface area contributed by atoms with Crippen LogP contribution in [0.25, 0.3) is 11.1 Å². The molecule has 0 spiro atoms. The van der Waals surface area contributed by atoms with E-state index in [1.54, 1.807) is 12.1 Å². The molecule has 4 aromatic carbocycles. The zero-order valence-corrected chi connectivity index (χ0v) is 27.6. The molecule has 0 fully saturated rings. The second-order valence-corrected chi connectivity index (χ2v) is 12.3. The molecule has 4 aromatic rings. The van der Waals surface area contributed by atoms with Crippen molar-refractivity contribution in [2.24, 2.45) is 0 Å². The normalized spacial score (nSPS) is 11.4. The minimum absolute atomic E-state index is 0.153. The minimum atomic E-state index is -1.08. The van der Waals surface area contributed by atoms with Gasteiger partial charge in [-0.25, -0.2) is 15.2 Å². The molecule has 47 heavy (non-hydrogen) atoms. The van der Waals surface area contributed by atoms with E-state index in [1.165, 1.54) is 11.8 Å². The number of hydrogen-bond acceptors (Lipinski definition) is 6. The highest BCUT2D eigenvalue weighted by Crippen LogP contribution is 2.28. The summed E-state index contributed by atoms with van der Waals surface area (Å²) in [5.41, 5.74) is 8.57. The summed E-state index contributed by atoms with van der Waals surface area (Å²) in [4.78, 5) is 52.2. The highest BCUT2D eigenvalue weighted by atomic mass is 32.2. The van der Waals surface area contributed by atoms with Crippen LogP contribution in [0, 0.1) is 6.92 Å². The van der Waals surface area contributed by atoms with Crippen LogP contribution < -0.4 is 10.7 Å². The molecule has 3 amide bonds. The number of carboxylic acids is 1. The van der Waals surface area contributed by atoms with E-state index in [2.05, 4.69) is 10.7 Å². The number of nitrogens with one attached hydrogen (secondary N) is 2. The number of amides is 3. The predicted octanol–water partition coefficient (Wildman–Crippen LogP) is 6.22. The number of thioether (sulfide) groups is 1. The van der Waals surface area contributed by atoms with Gasteiger partial charge < -0.3 is 10.4 Å². The van der Waals surface area contributed by atoms with E-state index >= 15 is 0 Å². The molecule has 0 unspecified atom stereocenters. The van der Waals surface area contributed by atoms with E-state index < -0.39 is 17.9 Å². The maximum absolute atomic E-state index is 13.5. The largest absolute Gasteiger partial charge is 0.480 e. The lowest BCUT2D eigenvalue weighted by Gasteiger charge is -2.23. The zero-order chi connectivity index (χ0) is 33.6. The van der Waals surface area contributed by atoms with Gasteiger partial charge in [-0.05, 0) is 83.7 Å². The first-order valence-electron chi connectivity index (χ1n) is 15.7. The van der Waals surface area contributed by atoms with Crippen molar-refractivity contribution in [3.05, 3.63) is 131 Å². The lowest BCUT2D eigenvalue weighted by Crippen LogP contribution is -2.47. The molecule has 8 nitrogen and oxygen atoms in total. The number of hydrogen-bond donors (Lipinski definition) is 3. The fraction of sp³-hybridized carbons (Fsp3) is 0.263. The van der Waals surface area contributed by atoms with Crippen molar-refractivity contribution in [1.82, 2.24) is 15.8 Å². The highest BCUT2D eigenvalue weighted by molar-refractivity contribution is 7.98. The Bertz CT molecular complexity index is 1610. The van der Waals surface area contributed by atoms with E-state index in [9.17, 15) is 24.3 Å². The number of rotatable bonds is 16. The number of benzene rings is 4. The van der Waals surface area contributed by atoms with Gasteiger partial charge in [0.15, 0.2) is 0 Å². The van der Waals surface area contributed by atoms with Gasteiger partial charge in [0, 0.05) is 24.9 Å². The van der Waals surface area contributed by atoms with Crippen molar-refractivity contribution >= 4 is 35.5 Å². The molecule has 0 aliphatic heterocycles. The van der Waals surface area contributed by atoms with Crippen LogP contribution in [0.3, 0.4) is 0 Å². The Morgan fingerprint density at radius 2 is 1.32 bits per heavy atom. The lowest BCUT2D eigenvalue weighted by atomic mass is 9.93. The first-order valence-corrected chi connectivity index (χ1v) is 17.0. The molecule has 0 saturated heterocycles. The third-order valence-electron chi connectivity index (χ3n) is 7.86. The van der Waals surface area contributed by atoms with Crippen LogP contribution in [0.4, 0.5) is 0 Å². The Morgan fingerprint density at radius 1 is 0.745 bits per heavy atom. The van der Waals surface area contributed by atoms with Crippen LogP contribution in [0.1, 0.15) is 51.9 Å². The maximum Gasteiger partial charge on any atom is 0.326 e. The van der Waals surface area contributed by atoms with Gasteiger partial charge in [-0.1, -0.05) is 91.0 Å². The minimum Gasteiger partial charge on any atom is -0.480 e. The van der Waals surface area contributed by atoms with Crippen LogP contribution in [-0.4, -0.2) is 51.9 Å². The molecule has 0 aliphatic carbocycles. The summed E-state index contributed by atoms with van der Waals surface area (Å²) in [6.45, 7) is 2.10. The van der Waals surface area contributed by atoms with Gasteiger partial charge in [-0.2, -0.15) is 11.8 Å². The van der Waals surface area contributed by atoms with Crippen LogP contribution in [0.2, 0.25) is 0 Å². The average Bonchev–Trinajstić information content (AvgIpc) is 3.09. The number of carbonyl (C=O) groups is 4.